The number of ether oxygens (including phenoxy) is 1. The third-order valence-electron chi connectivity index (χ3n) is 3.19. The molecular formula is C13H17FN2O2. The molecular weight excluding hydrogens is 235 g/mol. The minimum Gasteiger partial charge on any atom is -0.379 e. The lowest BCUT2D eigenvalue weighted by Gasteiger charge is -2.19. The summed E-state index contributed by atoms with van der Waals surface area (Å²) in [6, 6.07) is 5.73. The number of carbonyl (C=O) groups is 1. The molecule has 1 aliphatic rings. The predicted molar refractivity (Wildman–Crippen MR) is 65.2 cm³/mol. The van der Waals surface area contributed by atoms with Gasteiger partial charge in [-0.2, -0.15) is 0 Å². The van der Waals surface area contributed by atoms with Crippen molar-refractivity contribution in [2.45, 2.75) is 19.0 Å². The second-order valence-corrected chi connectivity index (χ2v) is 4.56. The van der Waals surface area contributed by atoms with E-state index in [1.54, 1.807) is 25.1 Å². The molecule has 1 aromatic carbocycles. The summed E-state index contributed by atoms with van der Waals surface area (Å²) in [7, 11) is 0. The second-order valence-electron chi connectivity index (χ2n) is 4.56. The number of rotatable bonds is 3. The molecule has 1 heterocycles. The second kappa shape index (κ2) is 5.46. The standard InChI is InChI=1S/C13H17FN2O2/c1-8(9-4-2-3-5-11(9)14)16-13(17)10-6-18-7-12(10)15/h2-5,8,10,12H,6-7,15H2,1H3,(H,16,17). The van der Waals surface area contributed by atoms with Crippen molar-refractivity contribution in [3.63, 3.8) is 0 Å². The zero-order chi connectivity index (χ0) is 13.1. The minimum atomic E-state index is -0.383. The molecule has 18 heavy (non-hydrogen) atoms. The van der Waals surface area contributed by atoms with Crippen LogP contribution in [0.1, 0.15) is 18.5 Å². The fourth-order valence-corrected chi connectivity index (χ4v) is 2.07. The lowest BCUT2D eigenvalue weighted by atomic mass is 10.0. The van der Waals surface area contributed by atoms with E-state index in [9.17, 15) is 9.18 Å². The number of nitrogens with one attached hydrogen (secondary N) is 1. The molecule has 2 rings (SSSR count). The molecule has 1 aliphatic heterocycles. The van der Waals surface area contributed by atoms with Gasteiger partial charge in [0, 0.05) is 11.6 Å². The van der Waals surface area contributed by atoms with Gasteiger partial charge in [0.05, 0.1) is 25.2 Å². The van der Waals surface area contributed by atoms with Gasteiger partial charge in [-0.25, -0.2) is 4.39 Å². The van der Waals surface area contributed by atoms with Crippen LogP contribution < -0.4 is 11.1 Å². The van der Waals surface area contributed by atoms with E-state index in [0.717, 1.165) is 0 Å². The molecule has 1 saturated heterocycles. The Kier molecular flexibility index (Phi) is 3.93. The van der Waals surface area contributed by atoms with Crippen LogP contribution in [0.4, 0.5) is 4.39 Å². The average Bonchev–Trinajstić information content (AvgIpc) is 2.76. The Hall–Kier alpha value is -1.46. The van der Waals surface area contributed by atoms with Gasteiger partial charge in [0.25, 0.3) is 0 Å². The summed E-state index contributed by atoms with van der Waals surface area (Å²) >= 11 is 0. The van der Waals surface area contributed by atoms with Crippen molar-refractivity contribution in [2.24, 2.45) is 11.7 Å². The summed E-state index contributed by atoms with van der Waals surface area (Å²) in [5.41, 5.74) is 6.23. The number of benzene rings is 1. The smallest absolute Gasteiger partial charge is 0.227 e. The Balaban J connectivity index is 2.01. The highest BCUT2D eigenvalue weighted by Gasteiger charge is 2.32. The highest BCUT2D eigenvalue weighted by atomic mass is 19.1. The van der Waals surface area contributed by atoms with Crippen molar-refractivity contribution in [3.05, 3.63) is 35.6 Å². The van der Waals surface area contributed by atoms with Crippen LogP contribution in [-0.4, -0.2) is 25.2 Å². The van der Waals surface area contributed by atoms with E-state index in [2.05, 4.69) is 5.32 Å². The van der Waals surface area contributed by atoms with E-state index >= 15 is 0 Å². The fourth-order valence-electron chi connectivity index (χ4n) is 2.07. The molecule has 0 saturated carbocycles. The van der Waals surface area contributed by atoms with E-state index < -0.39 is 0 Å². The Morgan fingerprint density at radius 1 is 1.50 bits per heavy atom. The highest BCUT2D eigenvalue weighted by molar-refractivity contribution is 5.80. The van der Waals surface area contributed by atoms with E-state index in [4.69, 9.17) is 10.5 Å². The van der Waals surface area contributed by atoms with Crippen LogP contribution in [0.2, 0.25) is 0 Å². The monoisotopic (exact) mass is 252 g/mol. The van der Waals surface area contributed by atoms with E-state index in [1.165, 1.54) is 6.07 Å². The Morgan fingerprint density at radius 2 is 2.22 bits per heavy atom. The van der Waals surface area contributed by atoms with Gasteiger partial charge in [-0.3, -0.25) is 4.79 Å². The Labute approximate surface area is 105 Å². The molecule has 1 aromatic rings. The molecule has 4 nitrogen and oxygen atoms in total. The zero-order valence-electron chi connectivity index (χ0n) is 10.2. The zero-order valence-corrected chi connectivity index (χ0v) is 10.2. The van der Waals surface area contributed by atoms with Gasteiger partial charge >= 0.3 is 0 Å². The molecule has 3 N–H and O–H groups in total. The number of carbonyl (C=O) groups excluding carboxylic acids is 1. The van der Waals surface area contributed by atoms with Crippen molar-refractivity contribution < 1.29 is 13.9 Å². The minimum absolute atomic E-state index is 0.184. The largest absolute Gasteiger partial charge is 0.379 e. The maximum atomic E-state index is 13.5. The summed E-state index contributed by atoms with van der Waals surface area (Å²) in [5.74, 6) is -0.854. The lowest BCUT2D eigenvalue weighted by Crippen LogP contribution is -2.41. The van der Waals surface area contributed by atoms with Crippen molar-refractivity contribution in [3.8, 4) is 0 Å². The SMILES string of the molecule is CC(NC(=O)C1COCC1N)c1ccccc1F. The Bertz CT molecular complexity index is 439. The molecule has 0 aromatic heterocycles. The van der Waals surface area contributed by atoms with Gasteiger partial charge in [-0.1, -0.05) is 18.2 Å². The van der Waals surface area contributed by atoms with Crippen molar-refractivity contribution in [1.29, 1.82) is 0 Å². The van der Waals surface area contributed by atoms with Crippen LogP contribution >= 0.6 is 0 Å². The van der Waals surface area contributed by atoms with Crippen LogP contribution in [0.15, 0.2) is 24.3 Å². The molecule has 1 fully saturated rings. The van der Waals surface area contributed by atoms with Gasteiger partial charge in [-0.05, 0) is 13.0 Å². The number of hydrogen-bond acceptors (Lipinski definition) is 3. The highest BCUT2D eigenvalue weighted by Crippen LogP contribution is 2.18. The first-order valence-electron chi connectivity index (χ1n) is 5.97. The first-order valence-corrected chi connectivity index (χ1v) is 5.97. The first kappa shape index (κ1) is 13.0. The fraction of sp³-hybridized carbons (Fsp3) is 0.462. The van der Waals surface area contributed by atoms with Gasteiger partial charge in [0.2, 0.25) is 5.91 Å². The van der Waals surface area contributed by atoms with E-state index in [0.29, 0.717) is 18.8 Å². The van der Waals surface area contributed by atoms with E-state index in [-0.39, 0.29) is 29.7 Å². The van der Waals surface area contributed by atoms with Crippen molar-refractivity contribution in [1.82, 2.24) is 5.32 Å². The molecule has 0 aliphatic carbocycles. The molecule has 3 unspecified atom stereocenters. The summed E-state index contributed by atoms with van der Waals surface area (Å²) in [4.78, 5) is 12.0. The molecule has 3 atom stereocenters. The number of amides is 1. The molecule has 5 heteroatoms. The third kappa shape index (κ3) is 2.68. The average molecular weight is 252 g/mol. The maximum Gasteiger partial charge on any atom is 0.227 e. The summed E-state index contributed by atoms with van der Waals surface area (Å²) in [5, 5.41) is 2.77. The molecule has 0 bridgehead atoms. The van der Waals surface area contributed by atoms with Crippen LogP contribution in [-0.2, 0) is 9.53 Å². The lowest BCUT2D eigenvalue weighted by molar-refractivity contribution is -0.125. The van der Waals surface area contributed by atoms with Gasteiger partial charge < -0.3 is 15.8 Å². The number of hydrogen-bond donors (Lipinski definition) is 2. The third-order valence-corrected chi connectivity index (χ3v) is 3.19. The quantitative estimate of drug-likeness (QED) is 0.842. The molecule has 1 amide bonds. The van der Waals surface area contributed by atoms with Crippen LogP contribution in [0.5, 0.6) is 0 Å². The summed E-state index contributed by atoms with van der Waals surface area (Å²) in [6.07, 6.45) is 0. The van der Waals surface area contributed by atoms with Crippen molar-refractivity contribution >= 4 is 5.91 Å². The molecule has 98 valence electrons. The van der Waals surface area contributed by atoms with Gasteiger partial charge in [0.1, 0.15) is 5.82 Å². The van der Waals surface area contributed by atoms with Gasteiger partial charge in [-0.15, -0.1) is 0 Å². The molecule has 0 spiro atoms. The Morgan fingerprint density at radius 3 is 2.83 bits per heavy atom. The number of halogens is 1. The van der Waals surface area contributed by atoms with E-state index in [1.807, 2.05) is 0 Å². The summed E-state index contributed by atoms with van der Waals surface area (Å²) < 4.78 is 18.7. The molecule has 0 radical (unpaired) electrons. The normalized spacial score (nSPS) is 24.8. The predicted octanol–water partition coefficient (Wildman–Crippen LogP) is 0.977. The van der Waals surface area contributed by atoms with Crippen LogP contribution in [0, 0.1) is 11.7 Å². The van der Waals surface area contributed by atoms with Crippen molar-refractivity contribution in [2.75, 3.05) is 13.2 Å². The topological polar surface area (TPSA) is 64.3 Å². The van der Waals surface area contributed by atoms with Crippen LogP contribution in [0.3, 0.4) is 0 Å². The maximum absolute atomic E-state index is 13.5. The van der Waals surface area contributed by atoms with Gasteiger partial charge in [0.15, 0.2) is 0 Å². The summed E-state index contributed by atoms with van der Waals surface area (Å²) in [6.45, 7) is 2.47. The number of nitrogens with two attached hydrogens (primary N) is 1. The van der Waals surface area contributed by atoms with Crippen LogP contribution in [0.25, 0.3) is 0 Å². The first-order chi connectivity index (χ1) is 8.59.